The summed E-state index contributed by atoms with van der Waals surface area (Å²) >= 11 is 12.6. The van der Waals surface area contributed by atoms with Gasteiger partial charge in [0, 0.05) is 22.3 Å². The molecule has 0 saturated carbocycles. The third-order valence-electron chi connectivity index (χ3n) is 2.33. The van der Waals surface area contributed by atoms with Crippen molar-refractivity contribution in [1.29, 1.82) is 0 Å². The standard InChI is InChI=1S/C10H7Br2ClFNO/c11-5-1-9(16)15(4-5)10-7(12)2-6(14)3-8(10)13/h2-3,5H,1,4H2. The first kappa shape index (κ1) is 12.3. The van der Waals surface area contributed by atoms with E-state index in [-0.39, 0.29) is 15.8 Å². The molecule has 1 aromatic carbocycles. The number of halogens is 4. The molecule has 1 saturated heterocycles. The summed E-state index contributed by atoms with van der Waals surface area (Å²) in [7, 11) is 0. The Hall–Kier alpha value is -0.130. The van der Waals surface area contributed by atoms with Crippen molar-refractivity contribution in [3.05, 3.63) is 27.4 Å². The highest BCUT2D eigenvalue weighted by molar-refractivity contribution is 9.10. The van der Waals surface area contributed by atoms with Gasteiger partial charge < -0.3 is 4.90 Å². The average molecular weight is 371 g/mol. The molecule has 0 radical (unpaired) electrons. The predicted molar refractivity (Wildman–Crippen MR) is 68.8 cm³/mol. The van der Waals surface area contributed by atoms with E-state index in [1.807, 2.05) is 0 Å². The molecule has 0 bridgehead atoms. The first-order valence-electron chi connectivity index (χ1n) is 4.58. The van der Waals surface area contributed by atoms with Crippen LogP contribution < -0.4 is 4.90 Å². The van der Waals surface area contributed by atoms with Crippen LogP contribution in [0.25, 0.3) is 0 Å². The molecule has 1 unspecified atom stereocenters. The van der Waals surface area contributed by atoms with E-state index < -0.39 is 5.82 Å². The van der Waals surface area contributed by atoms with Crippen molar-refractivity contribution >= 4 is 55.1 Å². The second-order valence-electron chi connectivity index (χ2n) is 3.52. The van der Waals surface area contributed by atoms with E-state index >= 15 is 0 Å². The van der Waals surface area contributed by atoms with Crippen molar-refractivity contribution in [1.82, 2.24) is 0 Å². The largest absolute Gasteiger partial charge is 0.309 e. The summed E-state index contributed by atoms with van der Waals surface area (Å²) in [4.78, 5) is 13.4. The SMILES string of the molecule is O=C1CC(Br)CN1c1c(Cl)cc(F)cc1Br. The second kappa shape index (κ2) is 4.63. The van der Waals surface area contributed by atoms with E-state index in [9.17, 15) is 9.18 Å². The minimum Gasteiger partial charge on any atom is -0.309 e. The Morgan fingerprint density at radius 1 is 1.50 bits per heavy atom. The molecule has 0 spiro atoms. The second-order valence-corrected chi connectivity index (χ2v) is 6.08. The van der Waals surface area contributed by atoms with Gasteiger partial charge in [0.25, 0.3) is 0 Å². The van der Waals surface area contributed by atoms with E-state index in [1.165, 1.54) is 12.1 Å². The Balaban J connectivity index is 2.44. The van der Waals surface area contributed by atoms with Crippen LogP contribution in [-0.2, 0) is 4.79 Å². The number of nitrogens with zero attached hydrogens (tertiary/aromatic N) is 1. The molecule has 2 nitrogen and oxygen atoms in total. The van der Waals surface area contributed by atoms with Gasteiger partial charge in [-0.15, -0.1) is 0 Å². The minimum absolute atomic E-state index is 0.0175. The van der Waals surface area contributed by atoms with E-state index in [4.69, 9.17) is 11.6 Å². The van der Waals surface area contributed by atoms with Gasteiger partial charge in [-0.1, -0.05) is 27.5 Å². The number of carbonyl (C=O) groups excluding carboxylic acids is 1. The van der Waals surface area contributed by atoms with Crippen LogP contribution in [0.15, 0.2) is 16.6 Å². The molecular weight excluding hydrogens is 364 g/mol. The number of anilines is 1. The lowest BCUT2D eigenvalue weighted by molar-refractivity contribution is -0.117. The summed E-state index contributed by atoms with van der Waals surface area (Å²) in [5.74, 6) is -0.446. The molecule has 6 heteroatoms. The fourth-order valence-electron chi connectivity index (χ4n) is 1.67. The molecule has 1 aliphatic heterocycles. The highest BCUT2D eigenvalue weighted by atomic mass is 79.9. The van der Waals surface area contributed by atoms with Gasteiger partial charge in [-0.25, -0.2) is 4.39 Å². The van der Waals surface area contributed by atoms with E-state index in [1.54, 1.807) is 4.90 Å². The Kier molecular flexibility index (Phi) is 3.56. The van der Waals surface area contributed by atoms with Crippen molar-refractivity contribution in [3.63, 3.8) is 0 Å². The molecule has 1 amide bonds. The number of hydrogen-bond acceptors (Lipinski definition) is 1. The van der Waals surface area contributed by atoms with Crippen molar-refractivity contribution in [2.75, 3.05) is 11.4 Å². The van der Waals surface area contributed by atoms with Crippen LogP contribution in [0, 0.1) is 5.82 Å². The zero-order chi connectivity index (χ0) is 11.9. The zero-order valence-corrected chi connectivity index (χ0v) is 11.9. The molecule has 1 heterocycles. The molecule has 2 rings (SSSR count). The molecule has 0 aromatic heterocycles. The van der Waals surface area contributed by atoms with Crippen molar-refractivity contribution in [3.8, 4) is 0 Å². The fraction of sp³-hybridized carbons (Fsp3) is 0.300. The summed E-state index contributed by atoms with van der Waals surface area (Å²) in [6.45, 7) is 0.544. The lowest BCUT2D eigenvalue weighted by atomic mass is 10.3. The molecule has 0 aliphatic carbocycles. The maximum absolute atomic E-state index is 13.0. The number of rotatable bonds is 1. The van der Waals surface area contributed by atoms with Crippen LogP contribution in [0.2, 0.25) is 5.02 Å². The molecule has 0 N–H and O–H groups in total. The zero-order valence-electron chi connectivity index (χ0n) is 8.01. The molecule has 1 atom stereocenters. The van der Waals surface area contributed by atoms with Gasteiger partial charge in [0.1, 0.15) is 5.82 Å². The maximum atomic E-state index is 13.0. The lowest BCUT2D eigenvalue weighted by Gasteiger charge is -2.19. The monoisotopic (exact) mass is 369 g/mol. The number of amides is 1. The molecule has 86 valence electrons. The van der Waals surface area contributed by atoms with Crippen LogP contribution in [0.3, 0.4) is 0 Å². The van der Waals surface area contributed by atoms with Crippen LogP contribution in [0.4, 0.5) is 10.1 Å². The topological polar surface area (TPSA) is 20.3 Å². The first-order chi connectivity index (χ1) is 7.49. The van der Waals surface area contributed by atoms with Crippen LogP contribution in [0.5, 0.6) is 0 Å². The normalized spacial score (nSPS) is 20.6. The highest BCUT2D eigenvalue weighted by Gasteiger charge is 2.31. The van der Waals surface area contributed by atoms with Gasteiger partial charge >= 0.3 is 0 Å². The summed E-state index contributed by atoms with van der Waals surface area (Å²) in [5, 5.41) is 0.238. The third kappa shape index (κ3) is 2.26. The van der Waals surface area contributed by atoms with Gasteiger partial charge in [-0.2, -0.15) is 0 Å². The lowest BCUT2D eigenvalue weighted by Crippen LogP contribution is -2.25. The Morgan fingerprint density at radius 3 is 2.69 bits per heavy atom. The summed E-state index contributed by atoms with van der Waals surface area (Å²) < 4.78 is 13.5. The van der Waals surface area contributed by atoms with Crippen molar-refractivity contribution < 1.29 is 9.18 Å². The average Bonchev–Trinajstić information content (AvgIpc) is 2.43. The smallest absolute Gasteiger partial charge is 0.228 e. The summed E-state index contributed by atoms with van der Waals surface area (Å²) in [6, 6.07) is 2.51. The number of carbonyl (C=O) groups is 1. The van der Waals surface area contributed by atoms with Crippen molar-refractivity contribution in [2.24, 2.45) is 0 Å². The first-order valence-corrected chi connectivity index (χ1v) is 6.66. The summed E-state index contributed by atoms with van der Waals surface area (Å²) in [5.41, 5.74) is 0.537. The Morgan fingerprint density at radius 2 is 2.19 bits per heavy atom. The Labute approximate surface area is 114 Å². The van der Waals surface area contributed by atoms with E-state index in [0.29, 0.717) is 23.1 Å². The van der Waals surface area contributed by atoms with Crippen LogP contribution >= 0.6 is 43.5 Å². The molecule has 1 aromatic rings. The van der Waals surface area contributed by atoms with E-state index in [2.05, 4.69) is 31.9 Å². The van der Waals surface area contributed by atoms with Gasteiger partial charge in [0.05, 0.1) is 10.7 Å². The van der Waals surface area contributed by atoms with E-state index in [0.717, 1.165) is 0 Å². The number of benzene rings is 1. The fourth-order valence-corrected chi connectivity index (χ4v) is 3.31. The predicted octanol–water partition coefficient (Wildman–Crippen LogP) is 3.74. The van der Waals surface area contributed by atoms with Gasteiger partial charge in [-0.3, -0.25) is 4.79 Å². The molecule has 16 heavy (non-hydrogen) atoms. The van der Waals surface area contributed by atoms with Crippen molar-refractivity contribution in [2.45, 2.75) is 11.2 Å². The number of alkyl halides is 1. The van der Waals surface area contributed by atoms with Gasteiger partial charge in [0.2, 0.25) is 5.91 Å². The van der Waals surface area contributed by atoms with Gasteiger partial charge in [0.15, 0.2) is 0 Å². The van der Waals surface area contributed by atoms with Gasteiger partial charge in [-0.05, 0) is 28.1 Å². The van der Waals surface area contributed by atoms with Crippen LogP contribution in [0.1, 0.15) is 6.42 Å². The maximum Gasteiger partial charge on any atom is 0.228 e. The highest BCUT2D eigenvalue weighted by Crippen LogP contribution is 2.37. The van der Waals surface area contributed by atoms with Crippen LogP contribution in [-0.4, -0.2) is 17.3 Å². The Bertz CT molecular complexity index is 431. The molecular formula is C10H7Br2ClFNO. The summed E-state index contributed by atoms with van der Waals surface area (Å²) in [6.07, 6.45) is 0.431. The molecule has 1 aliphatic rings. The quantitative estimate of drug-likeness (QED) is 0.689. The minimum atomic E-state index is -0.428. The number of hydrogen-bond donors (Lipinski definition) is 0. The third-order valence-corrected chi connectivity index (χ3v) is 3.84. The molecule has 1 fully saturated rings.